The molecule has 0 saturated heterocycles. The lowest BCUT2D eigenvalue weighted by Crippen LogP contribution is -2.26. The quantitative estimate of drug-likeness (QED) is 0.156. The summed E-state index contributed by atoms with van der Waals surface area (Å²) in [7, 11) is 3.75. The van der Waals surface area contributed by atoms with Crippen LogP contribution < -0.4 is 10.6 Å². The lowest BCUT2D eigenvalue weighted by Gasteiger charge is -2.07. The van der Waals surface area contributed by atoms with E-state index in [1.54, 1.807) is 0 Å². The van der Waals surface area contributed by atoms with Gasteiger partial charge in [0.2, 0.25) is 5.91 Å². The van der Waals surface area contributed by atoms with Crippen LogP contribution in [0.5, 0.6) is 0 Å². The van der Waals surface area contributed by atoms with Crippen molar-refractivity contribution in [2.75, 3.05) is 27.2 Å². The van der Waals surface area contributed by atoms with Gasteiger partial charge >= 0.3 is 5.97 Å². The topological polar surface area (TPSA) is 87.7 Å². The normalized spacial score (nSPS) is 11.4. The standard InChI is InChI=1S/C24H47NO4.C2H7N/c1-3-4-5-6-7-8-9-10-11-12-13-14-15-16-17-19-23(27)25-20-18-21-29-24(28)22(2)26;1-3-2/h22,26H,3-21H2,1-2H3,(H,25,27);3H,1-2H3. The summed E-state index contributed by atoms with van der Waals surface area (Å²) in [6.45, 7) is 4.37. The molecule has 192 valence electrons. The van der Waals surface area contributed by atoms with Crippen LogP contribution >= 0.6 is 0 Å². The highest BCUT2D eigenvalue weighted by atomic mass is 16.5. The number of rotatable bonds is 21. The molecule has 1 atom stereocenters. The van der Waals surface area contributed by atoms with Crippen LogP contribution in [-0.4, -0.2) is 50.3 Å². The average molecular weight is 459 g/mol. The summed E-state index contributed by atoms with van der Waals surface area (Å²) in [5, 5.41) is 14.6. The minimum atomic E-state index is -1.09. The van der Waals surface area contributed by atoms with Crippen LogP contribution in [0.1, 0.15) is 123 Å². The highest BCUT2D eigenvalue weighted by Gasteiger charge is 2.09. The molecule has 0 aliphatic rings. The van der Waals surface area contributed by atoms with Gasteiger partial charge in [-0.3, -0.25) is 4.79 Å². The molecule has 0 rings (SSSR count). The van der Waals surface area contributed by atoms with E-state index in [-0.39, 0.29) is 12.5 Å². The van der Waals surface area contributed by atoms with Crippen molar-refractivity contribution >= 4 is 11.9 Å². The van der Waals surface area contributed by atoms with Gasteiger partial charge in [0.05, 0.1) is 6.61 Å². The molecule has 0 bridgehead atoms. The Morgan fingerprint density at radius 3 is 1.56 bits per heavy atom. The maximum atomic E-state index is 11.7. The number of unbranched alkanes of at least 4 members (excludes halogenated alkanes) is 14. The van der Waals surface area contributed by atoms with E-state index in [1.165, 1.54) is 90.4 Å². The zero-order valence-electron chi connectivity index (χ0n) is 21.7. The monoisotopic (exact) mass is 458 g/mol. The third-order valence-corrected chi connectivity index (χ3v) is 5.24. The van der Waals surface area contributed by atoms with E-state index < -0.39 is 12.1 Å². The average Bonchev–Trinajstić information content (AvgIpc) is 2.76. The van der Waals surface area contributed by atoms with Crippen LogP contribution in [0.4, 0.5) is 0 Å². The zero-order chi connectivity index (χ0) is 24.3. The summed E-state index contributed by atoms with van der Waals surface area (Å²) >= 11 is 0. The molecular formula is C26H54N2O4. The predicted octanol–water partition coefficient (Wildman–Crippen LogP) is 5.51. The van der Waals surface area contributed by atoms with Crippen molar-refractivity contribution < 1.29 is 19.4 Å². The van der Waals surface area contributed by atoms with Gasteiger partial charge in [-0.15, -0.1) is 0 Å². The highest BCUT2D eigenvalue weighted by molar-refractivity contribution is 5.75. The number of aliphatic hydroxyl groups is 1. The first-order valence-corrected chi connectivity index (χ1v) is 13.2. The van der Waals surface area contributed by atoms with Gasteiger partial charge in [-0.25, -0.2) is 4.79 Å². The molecule has 0 aliphatic carbocycles. The third-order valence-electron chi connectivity index (χ3n) is 5.24. The van der Waals surface area contributed by atoms with E-state index in [2.05, 4.69) is 17.6 Å². The van der Waals surface area contributed by atoms with Crippen LogP contribution in [0.15, 0.2) is 0 Å². The van der Waals surface area contributed by atoms with Gasteiger partial charge in [-0.2, -0.15) is 0 Å². The predicted molar refractivity (Wildman–Crippen MR) is 135 cm³/mol. The SMILES string of the molecule is CCCCCCCCCCCCCCCCCC(=O)NCCCOC(=O)C(C)O.CNC. The van der Waals surface area contributed by atoms with Gasteiger partial charge in [0.15, 0.2) is 0 Å². The van der Waals surface area contributed by atoms with Gasteiger partial charge in [0, 0.05) is 13.0 Å². The molecule has 0 aliphatic heterocycles. The number of ether oxygens (including phenoxy) is 1. The lowest BCUT2D eigenvalue weighted by molar-refractivity contribution is -0.152. The minimum absolute atomic E-state index is 0.0709. The van der Waals surface area contributed by atoms with E-state index in [1.807, 2.05) is 14.1 Å². The highest BCUT2D eigenvalue weighted by Crippen LogP contribution is 2.13. The number of carbonyl (C=O) groups excluding carboxylic acids is 2. The lowest BCUT2D eigenvalue weighted by atomic mass is 10.0. The Balaban J connectivity index is 0. The number of amides is 1. The fraction of sp³-hybridized carbons (Fsp3) is 0.923. The summed E-state index contributed by atoms with van der Waals surface area (Å²) in [5.41, 5.74) is 0. The van der Waals surface area contributed by atoms with Crippen LogP contribution in [0, 0.1) is 0 Å². The molecule has 0 saturated carbocycles. The Morgan fingerprint density at radius 1 is 0.750 bits per heavy atom. The molecular weight excluding hydrogens is 404 g/mol. The summed E-state index contributed by atoms with van der Waals surface area (Å²) in [6, 6.07) is 0. The second kappa shape index (κ2) is 27.9. The largest absolute Gasteiger partial charge is 0.464 e. The molecule has 0 radical (unpaired) electrons. The van der Waals surface area contributed by atoms with Gasteiger partial charge < -0.3 is 20.5 Å². The molecule has 6 heteroatoms. The fourth-order valence-electron chi connectivity index (χ4n) is 3.34. The molecule has 0 aromatic heterocycles. The van der Waals surface area contributed by atoms with Crippen molar-refractivity contribution in [2.24, 2.45) is 0 Å². The van der Waals surface area contributed by atoms with Crippen LogP contribution in [0.3, 0.4) is 0 Å². The zero-order valence-corrected chi connectivity index (χ0v) is 21.7. The van der Waals surface area contributed by atoms with Crippen molar-refractivity contribution in [3.8, 4) is 0 Å². The van der Waals surface area contributed by atoms with E-state index in [4.69, 9.17) is 9.84 Å². The number of carbonyl (C=O) groups is 2. The van der Waals surface area contributed by atoms with E-state index >= 15 is 0 Å². The van der Waals surface area contributed by atoms with Crippen molar-refractivity contribution in [3.05, 3.63) is 0 Å². The molecule has 6 nitrogen and oxygen atoms in total. The first kappa shape index (κ1) is 33.0. The van der Waals surface area contributed by atoms with Gasteiger partial charge in [0.1, 0.15) is 6.10 Å². The Hall–Kier alpha value is -1.14. The van der Waals surface area contributed by atoms with Crippen LogP contribution in [-0.2, 0) is 14.3 Å². The second-order valence-electron chi connectivity index (χ2n) is 8.75. The maximum Gasteiger partial charge on any atom is 0.334 e. The Labute approximate surface area is 198 Å². The maximum absolute atomic E-state index is 11.7. The van der Waals surface area contributed by atoms with Crippen LogP contribution in [0.25, 0.3) is 0 Å². The van der Waals surface area contributed by atoms with Gasteiger partial charge in [0.25, 0.3) is 0 Å². The first-order chi connectivity index (χ1) is 15.5. The fourth-order valence-corrected chi connectivity index (χ4v) is 3.34. The van der Waals surface area contributed by atoms with Crippen LogP contribution in [0.2, 0.25) is 0 Å². The summed E-state index contributed by atoms with van der Waals surface area (Å²) in [4.78, 5) is 22.8. The minimum Gasteiger partial charge on any atom is -0.464 e. The second-order valence-corrected chi connectivity index (χ2v) is 8.75. The third kappa shape index (κ3) is 28.9. The molecule has 32 heavy (non-hydrogen) atoms. The summed E-state index contributed by atoms with van der Waals surface area (Å²) in [6.07, 6.45) is 19.9. The Kier molecular flexibility index (Phi) is 28.8. The van der Waals surface area contributed by atoms with Gasteiger partial charge in [-0.1, -0.05) is 96.8 Å². The smallest absolute Gasteiger partial charge is 0.334 e. The first-order valence-electron chi connectivity index (χ1n) is 13.2. The number of esters is 1. The van der Waals surface area contributed by atoms with Crippen molar-refractivity contribution in [3.63, 3.8) is 0 Å². The Bertz CT molecular complexity index is 403. The van der Waals surface area contributed by atoms with Crippen molar-refractivity contribution in [1.82, 2.24) is 10.6 Å². The molecule has 0 aromatic carbocycles. The number of aliphatic hydroxyl groups excluding tert-OH is 1. The van der Waals surface area contributed by atoms with E-state index in [0.717, 1.165) is 12.8 Å². The number of hydrogen-bond acceptors (Lipinski definition) is 5. The molecule has 0 heterocycles. The van der Waals surface area contributed by atoms with Crippen molar-refractivity contribution in [1.29, 1.82) is 0 Å². The molecule has 0 spiro atoms. The molecule has 0 fully saturated rings. The number of nitrogens with one attached hydrogen (secondary N) is 2. The molecule has 0 aromatic rings. The van der Waals surface area contributed by atoms with Gasteiger partial charge in [-0.05, 0) is 33.9 Å². The molecule has 3 N–H and O–H groups in total. The molecule has 1 unspecified atom stereocenters. The van der Waals surface area contributed by atoms with Crippen molar-refractivity contribution in [2.45, 2.75) is 129 Å². The van der Waals surface area contributed by atoms with E-state index in [9.17, 15) is 9.59 Å². The summed E-state index contributed by atoms with van der Waals surface area (Å²) < 4.78 is 4.84. The Morgan fingerprint density at radius 2 is 1.16 bits per heavy atom. The summed E-state index contributed by atoms with van der Waals surface area (Å²) in [5.74, 6) is -0.546. The molecule has 1 amide bonds. The number of hydrogen-bond donors (Lipinski definition) is 3. The van der Waals surface area contributed by atoms with E-state index in [0.29, 0.717) is 19.4 Å².